The highest BCUT2D eigenvalue weighted by atomic mass is 31.2. The molecule has 9 nitrogen and oxygen atoms in total. The maximum atomic E-state index is 11.2. The summed E-state index contributed by atoms with van der Waals surface area (Å²) in [4.78, 5) is 49.2. The summed E-state index contributed by atoms with van der Waals surface area (Å²) < 4.78 is 10.6. The van der Waals surface area contributed by atoms with Crippen molar-refractivity contribution in [3.63, 3.8) is 0 Å². The van der Waals surface area contributed by atoms with Gasteiger partial charge in [0.25, 0.3) is 0 Å². The minimum atomic E-state index is -4.62. The van der Waals surface area contributed by atoms with E-state index in [1.54, 1.807) is 0 Å². The molecule has 0 rings (SSSR count). The maximum absolute atomic E-state index is 11.2. The highest BCUT2D eigenvalue weighted by molar-refractivity contribution is 7.51. The Morgan fingerprint density at radius 1 is 1.12 bits per heavy atom. The number of carboxylic acid groups (broad SMARTS) is 2. The lowest BCUT2D eigenvalue weighted by atomic mass is 10.4. The van der Waals surface area contributed by atoms with Crippen LogP contribution in [0.1, 0.15) is 0 Å². The number of aliphatic carboxylic acids is 2. The number of hydrogen-bond donors (Lipinski definition) is 4. The largest absolute Gasteiger partial charge is 0.480 e. The van der Waals surface area contributed by atoms with Crippen LogP contribution in [0.25, 0.3) is 0 Å². The molecule has 0 fully saturated rings. The molecular weight excluding hydrogens is 257 g/mol. The first-order valence-corrected chi connectivity index (χ1v) is 5.88. The molecule has 0 aliphatic rings. The predicted molar refractivity (Wildman–Crippen MR) is 53.0 cm³/mol. The van der Waals surface area contributed by atoms with Crippen molar-refractivity contribution in [3.05, 3.63) is 12.2 Å². The number of amides is 1. The van der Waals surface area contributed by atoms with E-state index in [1.165, 1.54) is 0 Å². The SMILES string of the molecule is O=C(O)C=CC(=O)N(CC(=O)O)CP(=O)(O)O. The van der Waals surface area contributed by atoms with Gasteiger partial charge in [0, 0.05) is 12.2 Å². The number of carboxylic acids is 2. The summed E-state index contributed by atoms with van der Waals surface area (Å²) in [6.45, 7) is -0.937. The van der Waals surface area contributed by atoms with Gasteiger partial charge in [-0.2, -0.15) is 0 Å². The lowest BCUT2D eigenvalue weighted by molar-refractivity contribution is -0.142. The first-order valence-electron chi connectivity index (χ1n) is 4.08. The summed E-state index contributed by atoms with van der Waals surface area (Å²) in [5.41, 5.74) is 0. The molecule has 0 aliphatic carbocycles. The van der Waals surface area contributed by atoms with Crippen LogP contribution in [-0.2, 0) is 18.9 Å². The Morgan fingerprint density at radius 2 is 1.65 bits per heavy atom. The third-order valence-corrected chi connectivity index (χ3v) is 2.07. The zero-order valence-electron chi connectivity index (χ0n) is 8.39. The summed E-state index contributed by atoms with van der Waals surface area (Å²) in [7, 11) is -4.62. The molecule has 10 heteroatoms. The van der Waals surface area contributed by atoms with Gasteiger partial charge in [0.2, 0.25) is 5.91 Å². The van der Waals surface area contributed by atoms with Gasteiger partial charge in [-0.25, -0.2) is 4.79 Å². The summed E-state index contributed by atoms with van der Waals surface area (Å²) in [5.74, 6) is -4.03. The zero-order chi connectivity index (χ0) is 13.6. The van der Waals surface area contributed by atoms with Crippen molar-refractivity contribution < 1.29 is 38.9 Å². The Balaban J connectivity index is 4.79. The van der Waals surface area contributed by atoms with Crippen LogP contribution in [0.4, 0.5) is 0 Å². The third-order valence-electron chi connectivity index (χ3n) is 1.36. The molecule has 4 N–H and O–H groups in total. The van der Waals surface area contributed by atoms with Crippen molar-refractivity contribution >= 4 is 25.4 Å². The highest BCUT2D eigenvalue weighted by Crippen LogP contribution is 2.35. The van der Waals surface area contributed by atoms with Gasteiger partial charge in [-0.15, -0.1) is 0 Å². The van der Waals surface area contributed by atoms with Crippen LogP contribution in [-0.4, -0.2) is 55.6 Å². The standard InChI is InChI=1S/C7H10NO8P/c9-5(1-2-6(10)11)8(3-7(12)13)4-17(14,15)16/h1-2H,3-4H2,(H,10,11)(H,12,13)(H2,14,15,16). The van der Waals surface area contributed by atoms with E-state index in [0.29, 0.717) is 17.1 Å². The average Bonchev–Trinajstić information content (AvgIpc) is 2.09. The van der Waals surface area contributed by atoms with E-state index in [-0.39, 0.29) is 0 Å². The zero-order valence-corrected chi connectivity index (χ0v) is 9.28. The van der Waals surface area contributed by atoms with Crippen molar-refractivity contribution in [1.82, 2.24) is 4.90 Å². The van der Waals surface area contributed by atoms with Crippen molar-refractivity contribution in [2.45, 2.75) is 0 Å². The van der Waals surface area contributed by atoms with E-state index < -0.39 is 38.3 Å². The number of nitrogens with zero attached hydrogens (tertiary/aromatic N) is 1. The van der Waals surface area contributed by atoms with Crippen LogP contribution >= 0.6 is 7.60 Å². The number of hydrogen-bond acceptors (Lipinski definition) is 4. The molecule has 0 saturated heterocycles. The van der Waals surface area contributed by atoms with Crippen molar-refractivity contribution in [1.29, 1.82) is 0 Å². The summed E-state index contributed by atoms with van der Waals surface area (Å²) in [6.07, 6.45) is -0.139. The summed E-state index contributed by atoms with van der Waals surface area (Å²) >= 11 is 0. The molecule has 0 heterocycles. The minimum absolute atomic E-state index is 0.336. The van der Waals surface area contributed by atoms with Gasteiger partial charge in [-0.1, -0.05) is 0 Å². The Hall–Kier alpha value is -1.70. The van der Waals surface area contributed by atoms with E-state index in [2.05, 4.69) is 0 Å². The van der Waals surface area contributed by atoms with Crippen molar-refractivity contribution in [2.75, 3.05) is 12.8 Å². The van der Waals surface area contributed by atoms with Crippen molar-refractivity contribution in [3.8, 4) is 0 Å². The molecule has 0 atom stereocenters. The van der Waals surface area contributed by atoms with Crippen LogP contribution in [0, 0.1) is 0 Å². The van der Waals surface area contributed by atoms with Gasteiger partial charge in [0.05, 0.1) is 0 Å². The molecule has 0 aromatic carbocycles. The Kier molecular flexibility index (Phi) is 5.52. The fourth-order valence-corrected chi connectivity index (χ4v) is 1.52. The van der Waals surface area contributed by atoms with Gasteiger partial charge in [-0.3, -0.25) is 14.2 Å². The Morgan fingerprint density at radius 3 is 2.00 bits per heavy atom. The lowest BCUT2D eigenvalue weighted by Gasteiger charge is -2.19. The first kappa shape index (κ1) is 15.3. The number of carbonyl (C=O) groups is 3. The van der Waals surface area contributed by atoms with Gasteiger partial charge < -0.3 is 24.9 Å². The fraction of sp³-hybridized carbons (Fsp3) is 0.286. The van der Waals surface area contributed by atoms with Crippen molar-refractivity contribution in [2.24, 2.45) is 0 Å². The van der Waals surface area contributed by atoms with Gasteiger partial charge in [-0.05, 0) is 0 Å². The molecule has 0 radical (unpaired) electrons. The molecule has 0 bridgehead atoms. The molecular formula is C7H10NO8P. The van der Waals surface area contributed by atoms with E-state index in [1.807, 2.05) is 0 Å². The molecule has 0 unspecified atom stereocenters. The second kappa shape index (κ2) is 6.14. The summed E-state index contributed by atoms with van der Waals surface area (Å²) in [5, 5.41) is 16.7. The predicted octanol–water partition coefficient (Wildman–Crippen LogP) is -1.32. The lowest BCUT2D eigenvalue weighted by Crippen LogP contribution is -2.35. The Labute approximate surface area is 95.1 Å². The third kappa shape index (κ3) is 8.14. The van der Waals surface area contributed by atoms with Gasteiger partial charge >= 0.3 is 19.5 Å². The molecule has 0 spiro atoms. The molecule has 0 aromatic rings. The molecule has 0 aromatic heterocycles. The quantitative estimate of drug-likeness (QED) is 0.341. The van der Waals surface area contributed by atoms with Crippen LogP contribution in [0.2, 0.25) is 0 Å². The maximum Gasteiger partial charge on any atom is 0.344 e. The summed E-state index contributed by atoms with van der Waals surface area (Å²) in [6, 6.07) is 0. The molecule has 0 aliphatic heterocycles. The first-order chi connectivity index (χ1) is 7.61. The fourth-order valence-electron chi connectivity index (χ4n) is 0.831. The smallest absolute Gasteiger partial charge is 0.344 e. The van der Waals surface area contributed by atoms with E-state index >= 15 is 0 Å². The topological polar surface area (TPSA) is 152 Å². The minimum Gasteiger partial charge on any atom is -0.480 e. The van der Waals surface area contributed by atoms with Crippen LogP contribution in [0.3, 0.4) is 0 Å². The normalized spacial score (nSPS) is 11.4. The Bertz CT molecular complexity index is 397. The van der Waals surface area contributed by atoms with Crippen LogP contribution in [0.15, 0.2) is 12.2 Å². The average molecular weight is 267 g/mol. The monoisotopic (exact) mass is 267 g/mol. The number of rotatable bonds is 6. The van der Waals surface area contributed by atoms with Crippen LogP contribution < -0.4 is 0 Å². The molecule has 96 valence electrons. The second-order valence-corrected chi connectivity index (χ2v) is 4.52. The van der Waals surface area contributed by atoms with Crippen LogP contribution in [0.5, 0.6) is 0 Å². The van der Waals surface area contributed by atoms with Gasteiger partial charge in [0.1, 0.15) is 12.8 Å². The molecule has 1 amide bonds. The number of carbonyl (C=O) groups excluding carboxylic acids is 1. The highest BCUT2D eigenvalue weighted by Gasteiger charge is 2.24. The molecule has 0 saturated carbocycles. The van der Waals surface area contributed by atoms with E-state index in [4.69, 9.17) is 20.0 Å². The van der Waals surface area contributed by atoms with Gasteiger partial charge in [0.15, 0.2) is 0 Å². The second-order valence-electron chi connectivity index (χ2n) is 2.91. The molecule has 17 heavy (non-hydrogen) atoms. The van der Waals surface area contributed by atoms with E-state index in [9.17, 15) is 18.9 Å². The van der Waals surface area contributed by atoms with E-state index in [0.717, 1.165) is 0 Å².